The first-order valence-electron chi connectivity index (χ1n) is 28.4. The lowest BCUT2D eigenvalue weighted by atomic mass is 10.0. The maximum Gasteiger partial charge on any atom is 0.306 e. The summed E-state index contributed by atoms with van der Waals surface area (Å²) < 4.78 is 16.8. The van der Waals surface area contributed by atoms with Crippen molar-refractivity contribution in [3.63, 3.8) is 0 Å². The van der Waals surface area contributed by atoms with Gasteiger partial charge in [-0.1, -0.05) is 239 Å². The van der Waals surface area contributed by atoms with Crippen LogP contribution >= 0.6 is 0 Å². The van der Waals surface area contributed by atoms with Crippen LogP contribution in [0.4, 0.5) is 0 Å². The largest absolute Gasteiger partial charge is 0.462 e. The zero-order valence-corrected chi connectivity index (χ0v) is 44.8. The standard InChI is InChI=1S/C63H104O6/c1-4-7-10-13-16-19-22-25-26-27-28-29-30-31-32-33-34-35-36-39-41-44-47-50-53-56-62(65)68-59-60(69-63(66)57-54-51-48-45-42-38-24-21-18-15-12-9-6-3)58-67-61(64)55-52-49-46-43-40-37-23-20-17-14-11-8-5-2/h7,9-10,12,16,18-19,21,25-26,28-29,31-32,34-35,38,42,60H,4-6,8,11,13-15,17,20,22-24,27,30,33,36-37,39-41,43-59H2,1-3H3/b10-7-,12-9-,19-16-,21-18-,26-25-,29-28-,32-31-,35-34-,42-38-. The minimum Gasteiger partial charge on any atom is -0.462 e. The number of hydrogen-bond acceptors (Lipinski definition) is 6. The van der Waals surface area contributed by atoms with E-state index in [1.165, 1.54) is 77.0 Å². The lowest BCUT2D eigenvalue weighted by Crippen LogP contribution is -2.30. The van der Waals surface area contributed by atoms with Crippen LogP contribution in [0.2, 0.25) is 0 Å². The number of rotatable bonds is 50. The Morgan fingerprint density at radius 1 is 0.304 bits per heavy atom. The van der Waals surface area contributed by atoms with E-state index >= 15 is 0 Å². The van der Waals surface area contributed by atoms with Crippen LogP contribution in [0.15, 0.2) is 109 Å². The summed E-state index contributed by atoms with van der Waals surface area (Å²) in [4.78, 5) is 38.1. The van der Waals surface area contributed by atoms with Gasteiger partial charge in [0, 0.05) is 19.3 Å². The van der Waals surface area contributed by atoms with Crippen LogP contribution in [0.1, 0.15) is 252 Å². The molecule has 0 radical (unpaired) electrons. The van der Waals surface area contributed by atoms with Gasteiger partial charge in [-0.15, -0.1) is 0 Å². The molecule has 0 saturated carbocycles. The monoisotopic (exact) mass is 957 g/mol. The van der Waals surface area contributed by atoms with Crippen LogP contribution < -0.4 is 0 Å². The van der Waals surface area contributed by atoms with Gasteiger partial charge in [-0.25, -0.2) is 0 Å². The summed E-state index contributed by atoms with van der Waals surface area (Å²) in [6.07, 6.45) is 76.5. The van der Waals surface area contributed by atoms with Gasteiger partial charge in [0.15, 0.2) is 6.10 Å². The Balaban J connectivity index is 4.37. The van der Waals surface area contributed by atoms with Crippen LogP contribution in [0.3, 0.4) is 0 Å². The number of ether oxygens (including phenoxy) is 3. The molecule has 0 N–H and O–H groups in total. The summed E-state index contributed by atoms with van der Waals surface area (Å²) in [5.74, 6) is -0.939. The van der Waals surface area contributed by atoms with Crippen LogP contribution in [-0.4, -0.2) is 37.2 Å². The average Bonchev–Trinajstić information content (AvgIpc) is 3.35. The Bertz CT molecular complexity index is 1420. The lowest BCUT2D eigenvalue weighted by molar-refractivity contribution is -0.167. The van der Waals surface area contributed by atoms with Crippen molar-refractivity contribution in [1.29, 1.82) is 0 Å². The second-order valence-corrected chi connectivity index (χ2v) is 18.4. The van der Waals surface area contributed by atoms with Gasteiger partial charge in [0.05, 0.1) is 0 Å². The van der Waals surface area contributed by atoms with Crippen molar-refractivity contribution in [3.05, 3.63) is 109 Å². The SMILES string of the molecule is CC/C=C\C/C=C\C/C=C\C/C=C\C/C=C\C/C=C\CCCCCCCCC(=O)OCC(COC(=O)CCCCCCCCCCCCCCC)OC(=O)CCCCC/C=C\C/C=C\C/C=C\CC. The minimum atomic E-state index is -0.799. The lowest BCUT2D eigenvalue weighted by Gasteiger charge is -2.18. The van der Waals surface area contributed by atoms with Crippen LogP contribution in [0.25, 0.3) is 0 Å². The molecule has 0 fully saturated rings. The molecule has 0 aromatic carbocycles. The first-order chi connectivity index (χ1) is 34.0. The molecule has 6 heteroatoms. The predicted octanol–water partition coefficient (Wildman–Crippen LogP) is 19.1. The Kier molecular flexibility index (Phi) is 53.4. The van der Waals surface area contributed by atoms with Gasteiger partial charge in [0.25, 0.3) is 0 Å². The maximum atomic E-state index is 12.8. The number of hydrogen-bond donors (Lipinski definition) is 0. The molecule has 0 bridgehead atoms. The van der Waals surface area contributed by atoms with Gasteiger partial charge in [0.1, 0.15) is 13.2 Å². The molecular weight excluding hydrogens is 853 g/mol. The van der Waals surface area contributed by atoms with Crippen molar-refractivity contribution in [2.45, 2.75) is 258 Å². The molecule has 0 aliphatic rings. The third-order valence-corrected chi connectivity index (χ3v) is 11.8. The zero-order valence-electron chi connectivity index (χ0n) is 44.8. The summed E-state index contributed by atoms with van der Waals surface area (Å²) in [6.45, 7) is 6.37. The van der Waals surface area contributed by atoms with Gasteiger partial charge in [0.2, 0.25) is 0 Å². The first kappa shape index (κ1) is 65.1. The molecule has 0 spiro atoms. The summed E-state index contributed by atoms with van der Waals surface area (Å²) >= 11 is 0. The highest BCUT2D eigenvalue weighted by Gasteiger charge is 2.19. The van der Waals surface area contributed by atoms with E-state index in [9.17, 15) is 14.4 Å². The van der Waals surface area contributed by atoms with Gasteiger partial charge < -0.3 is 14.2 Å². The fourth-order valence-corrected chi connectivity index (χ4v) is 7.58. The molecule has 1 unspecified atom stereocenters. The van der Waals surface area contributed by atoms with Gasteiger partial charge >= 0.3 is 17.9 Å². The van der Waals surface area contributed by atoms with E-state index in [1.54, 1.807) is 0 Å². The number of esters is 3. The predicted molar refractivity (Wildman–Crippen MR) is 297 cm³/mol. The molecule has 0 aromatic rings. The molecule has 0 aliphatic heterocycles. The molecule has 1 atom stereocenters. The zero-order chi connectivity index (χ0) is 50.0. The Morgan fingerprint density at radius 2 is 0.565 bits per heavy atom. The van der Waals surface area contributed by atoms with Crippen molar-refractivity contribution in [1.82, 2.24) is 0 Å². The van der Waals surface area contributed by atoms with E-state index in [-0.39, 0.29) is 37.5 Å². The Labute approximate surface area is 425 Å². The fourth-order valence-electron chi connectivity index (χ4n) is 7.58. The van der Waals surface area contributed by atoms with Crippen LogP contribution in [0, 0.1) is 0 Å². The van der Waals surface area contributed by atoms with E-state index in [2.05, 4.69) is 130 Å². The molecule has 0 rings (SSSR count). The molecule has 392 valence electrons. The normalized spacial score (nSPS) is 12.9. The van der Waals surface area contributed by atoms with Gasteiger partial charge in [-0.05, 0) is 103 Å². The minimum absolute atomic E-state index is 0.0942. The van der Waals surface area contributed by atoms with E-state index < -0.39 is 6.10 Å². The number of unbranched alkanes of at least 4 members (excludes halogenated alkanes) is 21. The third-order valence-electron chi connectivity index (χ3n) is 11.8. The fraction of sp³-hybridized carbons (Fsp3) is 0.667. The van der Waals surface area contributed by atoms with Crippen LogP contribution in [-0.2, 0) is 28.6 Å². The number of carbonyl (C=O) groups excluding carboxylic acids is 3. The molecule has 0 amide bonds. The first-order valence-corrected chi connectivity index (χ1v) is 28.4. The van der Waals surface area contributed by atoms with Crippen molar-refractivity contribution >= 4 is 17.9 Å². The summed E-state index contributed by atoms with van der Waals surface area (Å²) in [5, 5.41) is 0. The van der Waals surface area contributed by atoms with E-state index in [0.29, 0.717) is 12.8 Å². The highest BCUT2D eigenvalue weighted by Crippen LogP contribution is 2.15. The van der Waals surface area contributed by atoms with Crippen molar-refractivity contribution in [2.24, 2.45) is 0 Å². The molecule has 0 aromatic heterocycles. The van der Waals surface area contributed by atoms with Crippen molar-refractivity contribution in [3.8, 4) is 0 Å². The van der Waals surface area contributed by atoms with E-state index in [4.69, 9.17) is 14.2 Å². The number of allylic oxidation sites excluding steroid dienone is 18. The average molecular weight is 958 g/mol. The highest BCUT2D eigenvalue weighted by atomic mass is 16.6. The molecule has 0 heterocycles. The van der Waals surface area contributed by atoms with E-state index in [1.807, 2.05) is 0 Å². The van der Waals surface area contributed by atoms with Crippen molar-refractivity contribution < 1.29 is 28.6 Å². The molecule has 69 heavy (non-hydrogen) atoms. The van der Waals surface area contributed by atoms with Crippen molar-refractivity contribution in [2.75, 3.05) is 13.2 Å². The molecule has 0 saturated heterocycles. The third kappa shape index (κ3) is 54.9. The van der Waals surface area contributed by atoms with Gasteiger partial charge in [-0.2, -0.15) is 0 Å². The number of carbonyl (C=O) groups is 3. The summed E-state index contributed by atoms with van der Waals surface area (Å²) in [7, 11) is 0. The van der Waals surface area contributed by atoms with E-state index in [0.717, 1.165) is 135 Å². The van der Waals surface area contributed by atoms with Crippen LogP contribution in [0.5, 0.6) is 0 Å². The quantitative estimate of drug-likeness (QED) is 0.0262. The maximum absolute atomic E-state index is 12.8. The Morgan fingerprint density at radius 3 is 0.899 bits per heavy atom. The molecule has 6 nitrogen and oxygen atoms in total. The Hall–Kier alpha value is -3.93. The summed E-state index contributed by atoms with van der Waals surface area (Å²) in [6, 6.07) is 0. The molecule has 0 aliphatic carbocycles. The highest BCUT2D eigenvalue weighted by molar-refractivity contribution is 5.71. The van der Waals surface area contributed by atoms with Gasteiger partial charge in [-0.3, -0.25) is 14.4 Å². The molecular formula is C63H104O6. The second kappa shape index (κ2) is 56.7. The topological polar surface area (TPSA) is 78.9 Å². The smallest absolute Gasteiger partial charge is 0.306 e. The summed E-state index contributed by atoms with van der Waals surface area (Å²) in [5.41, 5.74) is 0. The second-order valence-electron chi connectivity index (χ2n) is 18.4.